The molecular weight excluding hydrogens is 384 g/mol. The second-order valence-electron chi connectivity index (χ2n) is 6.65. The molecule has 6 nitrogen and oxygen atoms in total. The third kappa shape index (κ3) is 5.42. The van der Waals surface area contributed by atoms with Crippen molar-refractivity contribution in [2.45, 2.75) is 18.6 Å². The van der Waals surface area contributed by atoms with E-state index in [1.165, 1.54) is 0 Å². The Kier molecular flexibility index (Phi) is 6.32. The van der Waals surface area contributed by atoms with Crippen LogP contribution in [0.5, 0.6) is 0 Å². The first-order chi connectivity index (χ1) is 13.0. The van der Waals surface area contributed by atoms with Crippen LogP contribution >= 0.6 is 11.6 Å². The lowest BCUT2D eigenvalue weighted by Crippen LogP contribution is -2.39. The van der Waals surface area contributed by atoms with Crippen LogP contribution < -0.4 is 9.62 Å². The molecule has 1 N–H and O–H groups in total. The highest BCUT2D eigenvalue weighted by Crippen LogP contribution is 2.24. The summed E-state index contributed by atoms with van der Waals surface area (Å²) in [5.41, 5.74) is 1.28. The van der Waals surface area contributed by atoms with Gasteiger partial charge in [-0.1, -0.05) is 23.7 Å². The van der Waals surface area contributed by atoms with Crippen molar-refractivity contribution in [3.63, 3.8) is 0 Å². The lowest BCUT2D eigenvalue weighted by Gasteiger charge is -2.33. The van der Waals surface area contributed by atoms with Gasteiger partial charge in [0.05, 0.1) is 11.3 Å². The second-order valence-corrected chi connectivity index (χ2v) is 8.89. The molecule has 2 aromatic rings. The minimum Gasteiger partial charge on any atom is -0.356 e. The Labute approximate surface area is 164 Å². The number of piperidine rings is 1. The number of aromatic nitrogens is 1. The molecule has 27 heavy (non-hydrogen) atoms. The molecule has 0 unspecified atom stereocenters. The lowest BCUT2D eigenvalue weighted by molar-refractivity contribution is 0.400. The van der Waals surface area contributed by atoms with Crippen molar-refractivity contribution in [3.05, 3.63) is 58.7 Å². The van der Waals surface area contributed by atoms with Crippen LogP contribution in [0.25, 0.3) is 0 Å². The van der Waals surface area contributed by atoms with Gasteiger partial charge in [0.25, 0.3) is 0 Å². The van der Waals surface area contributed by atoms with Crippen LogP contribution in [0.2, 0.25) is 5.02 Å². The molecule has 0 bridgehead atoms. The highest BCUT2D eigenvalue weighted by molar-refractivity contribution is 7.88. The molecule has 1 saturated heterocycles. The van der Waals surface area contributed by atoms with Crippen molar-refractivity contribution in [2.75, 3.05) is 24.5 Å². The summed E-state index contributed by atoms with van der Waals surface area (Å²) in [6.45, 7) is 1.95. The number of hydrogen-bond acceptors (Lipinski definition) is 5. The Hall–Kier alpha value is -2.14. The van der Waals surface area contributed by atoms with Gasteiger partial charge in [-0.15, -0.1) is 0 Å². The van der Waals surface area contributed by atoms with Crippen molar-refractivity contribution < 1.29 is 8.42 Å². The van der Waals surface area contributed by atoms with Gasteiger partial charge in [-0.05, 0) is 48.6 Å². The summed E-state index contributed by atoms with van der Waals surface area (Å²) in [7, 11) is -3.39. The first kappa shape index (κ1) is 19.6. The molecule has 1 aliphatic heterocycles. The minimum atomic E-state index is -3.39. The van der Waals surface area contributed by atoms with Gasteiger partial charge in [0.2, 0.25) is 10.0 Å². The Bertz CT molecular complexity index is 917. The Morgan fingerprint density at radius 3 is 2.59 bits per heavy atom. The SMILES string of the molecule is N#Cc1cccnc1N1CCC(CNS(=O)(=O)Cc2ccc(Cl)cc2)CC1. The molecule has 0 atom stereocenters. The van der Waals surface area contributed by atoms with E-state index in [2.05, 4.69) is 20.7 Å². The summed E-state index contributed by atoms with van der Waals surface area (Å²) >= 11 is 5.83. The molecule has 0 saturated carbocycles. The molecule has 1 aliphatic rings. The highest BCUT2D eigenvalue weighted by Gasteiger charge is 2.23. The summed E-state index contributed by atoms with van der Waals surface area (Å²) in [6, 6.07) is 12.5. The number of sulfonamides is 1. The van der Waals surface area contributed by atoms with Gasteiger partial charge >= 0.3 is 0 Å². The van der Waals surface area contributed by atoms with Crippen molar-refractivity contribution in [1.29, 1.82) is 5.26 Å². The molecule has 0 spiro atoms. The van der Waals surface area contributed by atoms with E-state index < -0.39 is 10.0 Å². The van der Waals surface area contributed by atoms with Crippen LogP contribution in [-0.2, 0) is 15.8 Å². The molecule has 0 radical (unpaired) electrons. The van der Waals surface area contributed by atoms with E-state index in [1.54, 1.807) is 42.6 Å². The number of anilines is 1. The number of pyridine rings is 1. The summed E-state index contributed by atoms with van der Waals surface area (Å²) < 4.78 is 27.3. The van der Waals surface area contributed by atoms with Gasteiger partial charge in [0.1, 0.15) is 11.9 Å². The molecule has 3 rings (SSSR count). The van der Waals surface area contributed by atoms with E-state index in [0.717, 1.165) is 25.9 Å². The van der Waals surface area contributed by atoms with E-state index in [9.17, 15) is 13.7 Å². The standard InChI is InChI=1S/C19H21ClN4O2S/c20-18-5-3-16(4-6-18)14-27(25,26)23-13-15-7-10-24(11-8-15)19-17(12-21)2-1-9-22-19/h1-6,9,15,23H,7-8,10-11,13-14H2. The second kappa shape index (κ2) is 8.70. The fraction of sp³-hybridized carbons (Fsp3) is 0.368. The fourth-order valence-electron chi connectivity index (χ4n) is 3.18. The predicted molar refractivity (Wildman–Crippen MR) is 106 cm³/mol. The maximum Gasteiger partial charge on any atom is 0.215 e. The predicted octanol–water partition coefficient (Wildman–Crippen LogP) is 2.94. The minimum absolute atomic E-state index is 0.0531. The van der Waals surface area contributed by atoms with Gasteiger partial charge in [-0.25, -0.2) is 18.1 Å². The summed E-state index contributed by atoms with van der Waals surface area (Å²) in [4.78, 5) is 6.41. The van der Waals surface area contributed by atoms with E-state index in [4.69, 9.17) is 11.6 Å². The van der Waals surface area contributed by atoms with Crippen molar-refractivity contribution >= 4 is 27.4 Å². The zero-order valence-corrected chi connectivity index (χ0v) is 16.4. The molecule has 0 aliphatic carbocycles. The number of nitriles is 1. The van der Waals surface area contributed by atoms with E-state index in [0.29, 0.717) is 28.5 Å². The summed E-state index contributed by atoms with van der Waals surface area (Å²) in [5, 5.41) is 9.80. The highest BCUT2D eigenvalue weighted by atomic mass is 35.5. The molecule has 142 valence electrons. The van der Waals surface area contributed by atoms with Gasteiger partial charge in [0, 0.05) is 30.9 Å². The smallest absolute Gasteiger partial charge is 0.215 e. The van der Waals surface area contributed by atoms with Crippen LogP contribution in [-0.4, -0.2) is 33.0 Å². The number of benzene rings is 1. The normalized spacial score (nSPS) is 15.5. The van der Waals surface area contributed by atoms with Gasteiger partial charge in [0.15, 0.2) is 0 Å². The maximum absolute atomic E-state index is 12.3. The van der Waals surface area contributed by atoms with Crippen LogP contribution in [0.4, 0.5) is 5.82 Å². The number of halogens is 1. The number of hydrogen-bond donors (Lipinski definition) is 1. The van der Waals surface area contributed by atoms with Crippen molar-refractivity contribution in [3.8, 4) is 6.07 Å². The Balaban J connectivity index is 1.50. The average molecular weight is 405 g/mol. The molecule has 1 fully saturated rings. The molecule has 0 amide bonds. The maximum atomic E-state index is 12.3. The van der Waals surface area contributed by atoms with E-state index in [-0.39, 0.29) is 11.7 Å². The zero-order valence-electron chi connectivity index (χ0n) is 14.8. The monoisotopic (exact) mass is 404 g/mol. The topological polar surface area (TPSA) is 86.1 Å². The quantitative estimate of drug-likeness (QED) is 0.799. The van der Waals surface area contributed by atoms with Gasteiger partial charge in [-0.2, -0.15) is 5.26 Å². The largest absolute Gasteiger partial charge is 0.356 e. The molecule has 8 heteroatoms. The van der Waals surface area contributed by atoms with Crippen LogP contribution in [0.3, 0.4) is 0 Å². The number of rotatable bonds is 6. The Morgan fingerprint density at radius 1 is 1.22 bits per heavy atom. The zero-order chi connectivity index (χ0) is 19.3. The van der Waals surface area contributed by atoms with E-state index in [1.807, 2.05) is 0 Å². The third-order valence-corrected chi connectivity index (χ3v) is 6.25. The summed E-state index contributed by atoms with van der Waals surface area (Å²) in [5.74, 6) is 0.930. The first-order valence-electron chi connectivity index (χ1n) is 8.79. The fourth-order valence-corrected chi connectivity index (χ4v) is 4.53. The van der Waals surface area contributed by atoms with E-state index >= 15 is 0 Å². The van der Waals surface area contributed by atoms with Crippen molar-refractivity contribution in [2.24, 2.45) is 5.92 Å². The van der Waals surface area contributed by atoms with Gasteiger partial charge < -0.3 is 4.90 Å². The van der Waals surface area contributed by atoms with Crippen molar-refractivity contribution in [1.82, 2.24) is 9.71 Å². The molecular formula is C19H21ClN4O2S. The van der Waals surface area contributed by atoms with Crippen LogP contribution in [0, 0.1) is 17.2 Å². The average Bonchev–Trinajstić information content (AvgIpc) is 2.68. The lowest BCUT2D eigenvalue weighted by atomic mass is 9.97. The number of nitrogens with zero attached hydrogens (tertiary/aromatic N) is 3. The van der Waals surface area contributed by atoms with Crippen LogP contribution in [0.15, 0.2) is 42.6 Å². The number of nitrogens with one attached hydrogen (secondary N) is 1. The third-order valence-electron chi connectivity index (χ3n) is 4.68. The molecule has 1 aromatic carbocycles. The molecule has 2 heterocycles. The Morgan fingerprint density at radius 2 is 1.93 bits per heavy atom. The molecule has 1 aromatic heterocycles. The van der Waals surface area contributed by atoms with Crippen LogP contribution in [0.1, 0.15) is 24.0 Å². The first-order valence-corrected chi connectivity index (χ1v) is 10.8. The summed E-state index contributed by atoms with van der Waals surface area (Å²) in [6.07, 6.45) is 3.39. The van der Waals surface area contributed by atoms with Gasteiger partial charge in [-0.3, -0.25) is 0 Å².